The highest BCUT2D eigenvalue weighted by atomic mass is 16.3. The zero-order valence-corrected chi connectivity index (χ0v) is 11.7. The molecule has 1 aromatic rings. The zero-order valence-electron chi connectivity index (χ0n) is 11.7. The maximum absolute atomic E-state index is 8.94. The second kappa shape index (κ2) is 6.16. The minimum absolute atomic E-state index is 0.220. The summed E-state index contributed by atoms with van der Waals surface area (Å²) in [7, 11) is 0. The van der Waals surface area contributed by atoms with Crippen LogP contribution >= 0.6 is 0 Å². The van der Waals surface area contributed by atoms with Gasteiger partial charge in [-0.05, 0) is 0 Å². The van der Waals surface area contributed by atoms with Crippen LogP contribution in [-0.2, 0) is 0 Å². The molecule has 1 aromatic heterocycles. The highest BCUT2D eigenvalue weighted by Gasteiger charge is 2.19. The molecule has 6 heteroatoms. The highest BCUT2D eigenvalue weighted by molar-refractivity contribution is 5.47. The topological polar surface area (TPSA) is 78.5 Å². The van der Waals surface area contributed by atoms with Gasteiger partial charge in [-0.3, -0.25) is 4.90 Å². The zero-order chi connectivity index (χ0) is 13.8. The molecule has 1 saturated heterocycles. The summed E-state index contributed by atoms with van der Waals surface area (Å²) in [6.07, 6.45) is 0. The largest absolute Gasteiger partial charge is 0.395 e. The Morgan fingerprint density at radius 2 is 1.95 bits per heavy atom. The summed E-state index contributed by atoms with van der Waals surface area (Å²) in [4.78, 5) is 13.4. The van der Waals surface area contributed by atoms with Crippen LogP contribution < -0.4 is 10.6 Å². The minimum atomic E-state index is 0.220. The number of hydrogen-bond donors (Lipinski definition) is 2. The first-order valence-corrected chi connectivity index (χ1v) is 6.82. The maximum atomic E-state index is 8.94. The van der Waals surface area contributed by atoms with Crippen molar-refractivity contribution in [1.29, 1.82) is 0 Å². The monoisotopic (exact) mass is 265 g/mol. The number of nitrogens with zero attached hydrogens (tertiary/aromatic N) is 4. The molecular formula is C13H23N5O. The number of aliphatic hydroxyl groups excluding tert-OH is 1. The van der Waals surface area contributed by atoms with Gasteiger partial charge in [0.05, 0.1) is 6.61 Å². The van der Waals surface area contributed by atoms with Gasteiger partial charge in [0.2, 0.25) is 0 Å². The molecule has 0 atom stereocenters. The van der Waals surface area contributed by atoms with Gasteiger partial charge in [-0.1, -0.05) is 13.8 Å². The van der Waals surface area contributed by atoms with Crippen molar-refractivity contribution >= 4 is 11.6 Å². The molecule has 1 aliphatic heterocycles. The molecule has 0 unspecified atom stereocenters. The molecule has 1 fully saturated rings. The van der Waals surface area contributed by atoms with Crippen LogP contribution in [0.5, 0.6) is 0 Å². The predicted molar refractivity (Wildman–Crippen MR) is 76.3 cm³/mol. The van der Waals surface area contributed by atoms with E-state index in [4.69, 9.17) is 10.8 Å². The summed E-state index contributed by atoms with van der Waals surface area (Å²) >= 11 is 0. The third kappa shape index (κ3) is 3.54. The lowest BCUT2D eigenvalue weighted by Gasteiger charge is -2.35. The van der Waals surface area contributed by atoms with Gasteiger partial charge in [0.1, 0.15) is 17.5 Å². The summed E-state index contributed by atoms with van der Waals surface area (Å²) in [5.41, 5.74) is 5.86. The third-order valence-electron chi connectivity index (χ3n) is 3.38. The van der Waals surface area contributed by atoms with Crippen LogP contribution in [0.1, 0.15) is 25.6 Å². The Morgan fingerprint density at radius 1 is 1.26 bits per heavy atom. The van der Waals surface area contributed by atoms with Gasteiger partial charge in [0.25, 0.3) is 0 Å². The van der Waals surface area contributed by atoms with Crippen LogP contribution in [0.3, 0.4) is 0 Å². The fourth-order valence-electron chi connectivity index (χ4n) is 2.23. The molecule has 106 valence electrons. The van der Waals surface area contributed by atoms with Crippen molar-refractivity contribution in [2.45, 2.75) is 19.8 Å². The summed E-state index contributed by atoms with van der Waals surface area (Å²) in [6.45, 7) is 8.81. The van der Waals surface area contributed by atoms with Crippen molar-refractivity contribution in [3.8, 4) is 0 Å². The molecule has 3 N–H and O–H groups in total. The van der Waals surface area contributed by atoms with Crippen molar-refractivity contribution in [2.24, 2.45) is 0 Å². The van der Waals surface area contributed by atoms with E-state index in [-0.39, 0.29) is 12.5 Å². The fourth-order valence-corrected chi connectivity index (χ4v) is 2.23. The van der Waals surface area contributed by atoms with E-state index in [1.807, 2.05) is 6.07 Å². The lowest BCUT2D eigenvalue weighted by atomic mass is 10.2. The van der Waals surface area contributed by atoms with Crippen LogP contribution in [0.25, 0.3) is 0 Å². The van der Waals surface area contributed by atoms with Crippen molar-refractivity contribution in [3.05, 3.63) is 11.9 Å². The molecule has 6 nitrogen and oxygen atoms in total. The summed E-state index contributed by atoms with van der Waals surface area (Å²) in [5.74, 6) is 2.53. The quantitative estimate of drug-likeness (QED) is 0.815. The van der Waals surface area contributed by atoms with E-state index in [1.165, 1.54) is 0 Å². The number of nitrogens with two attached hydrogens (primary N) is 1. The lowest BCUT2D eigenvalue weighted by molar-refractivity contribution is 0.188. The third-order valence-corrected chi connectivity index (χ3v) is 3.38. The minimum Gasteiger partial charge on any atom is -0.395 e. The predicted octanol–water partition coefficient (Wildman–Crippen LogP) is 0.297. The first kappa shape index (κ1) is 14.0. The average molecular weight is 265 g/mol. The van der Waals surface area contributed by atoms with Gasteiger partial charge in [-0.15, -0.1) is 0 Å². The summed E-state index contributed by atoms with van der Waals surface area (Å²) in [5, 5.41) is 8.94. The Bertz CT molecular complexity index is 415. The summed E-state index contributed by atoms with van der Waals surface area (Å²) < 4.78 is 0. The number of hydrogen-bond acceptors (Lipinski definition) is 6. The smallest absolute Gasteiger partial charge is 0.135 e. The molecule has 0 aliphatic carbocycles. The van der Waals surface area contributed by atoms with E-state index < -0.39 is 0 Å². The molecule has 2 rings (SSSR count). The lowest BCUT2D eigenvalue weighted by Crippen LogP contribution is -2.47. The molecule has 19 heavy (non-hydrogen) atoms. The molecule has 0 amide bonds. The van der Waals surface area contributed by atoms with Gasteiger partial charge in [-0.25, -0.2) is 9.97 Å². The van der Waals surface area contributed by atoms with Gasteiger partial charge < -0.3 is 15.7 Å². The number of rotatable bonds is 4. The van der Waals surface area contributed by atoms with Crippen molar-refractivity contribution in [2.75, 3.05) is 50.0 Å². The van der Waals surface area contributed by atoms with Gasteiger partial charge >= 0.3 is 0 Å². The molecule has 0 aromatic carbocycles. The van der Waals surface area contributed by atoms with E-state index >= 15 is 0 Å². The van der Waals surface area contributed by atoms with E-state index in [0.29, 0.717) is 5.82 Å². The molecule has 0 radical (unpaired) electrons. The first-order valence-electron chi connectivity index (χ1n) is 6.82. The van der Waals surface area contributed by atoms with E-state index in [2.05, 4.69) is 33.6 Å². The maximum Gasteiger partial charge on any atom is 0.135 e. The Hall–Kier alpha value is -1.40. The van der Waals surface area contributed by atoms with Crippen molar-refractivity contribution < 1.29 is 5.11 Å². The van der Waals surface area contributed by atoms with Gasteiger partial charge in [-0.2, -0.15) is 0 Å². The SMILES string of the molecule is CC(C)c1nc(N)cc(N2CCN(CCO)CC2)n1. The van der Waals surface area contributed by atoms with E-state index in [1.54, 1.807) is 0 Å². The van der Waals surface area contributed by atoms with Crippen molar-refractivity contribution in [1.82, 2.24) is 14.9 Å². The van der Waals surface area contributed by atoms with E-state index in [0.717, 1.165) is 44.4 Å². The Morgan fingerprint density at radius 3 is 2.53 bits per heavy atom. The number of aliphatic hydroxyl groups is 1. The number of anilines is 2. The van der Waals surface area contributed by atoms with Crippen LogP contribution in [0, 0.1) is 0 Å². The first-order chi connectivity index (χ1) is 9.10. The molecule has 0 bridgehead atoms. The molecule has 1 aliphatic rings. The van der Waals surface area contributed by atoms with Crippen LogP contribution in [0.2, 0.25) is 0 Å². The number of aromatic nitrogens is 2. The van der Waals surface area contributed by atoms with Gasteiger partial charge in [0, 0.05) is 44.7 Å². The highest BCUT2D eigenvalue weighted by Crippen LogP contribution is 2.19. The Labute approximate surface area is 114 Å². The second-order valence-corrected chi connectivity index (χ2v) is 5.22. The Balaban J connectivity index is 2.06. The van der Waals surface area contributed by atoms with Crippen molar-refractivity contribution in [3.63, 3.8) is 0 Å². The second-order valence-electron chi connectivity index (χ2n) is 5.22. The fraction of sp³-hybridized carbons (Fsp3) is 0.692. The van der Waals surface area contributed by atoms with Gasteiger partial charge in [0.15, 0.2) is 0 Å². The normalized spacial score (nSPS) is 17.2. The average Bonchev–Trinajstić information content (AvgIpc) is 2.39. The number of piperazine rings is 1. The number of nitrogen functional groups attached to an aromatic ring is 1. The Kier molecular flexibility index (Phi) is 4.55. The van der Waals surface area contributed by atoms with Crippen LogP contribution in [-0.4, -0.2) is 59.3 Å². The molecule has 2 heterocycles. The molecular weight excluding hydrogens is 242 g/mol. The van der Waals surface area contributed by atoms with E-state index in [9.17, 15) is 0 Å². The number of β-amino-alcohol motifs (C(OH)–C–C–N with tert-alkyl or cyclic N) is 1. The molecule has 0 saturated carbocycles. The standard InChI is InChI=1S/C13H23N5O/c1-10(2)13-15-11(14)9-12(16-13)18-5-3-17(4-6-18)7-8-19/h9-10,19H,3-8H2,1-2H3,(H2,14,15,16). The van der Waals surface area contributed by atoms with Crippen LogP contribution in [0.4, 0.5) is 11.6 Å². The summed E-state index contributed by atoms with van der Waals surface area (Å²) in [6, 6.07) is 1.84. The van der Waals surface area contributed by atoms with Crippen LogP contribution in [0.15, 0.2) is 6.07 Å². The molecule has 0 spiro atoms.